The zero-order valence-electron chi connectivity index (χ0n) is 12.0. The molecule has 20 heavy (non-hydrogen) atoms. The van der Waals surface area contributed by atoms with E-state index >= 15 is 0 Å². The number of rotatable bonds is 5. The van der Waals surface area contributed by atoms with E-state index in [-0.39, 0.29) is 11.8 Å². The number of carbonyl (C=O) groups is 1. The molecule has 0 spiro atoms. The SMILES string of the molecule is Cc1cccc(-c2nnc(CCNC(=O)C(C)C)o2)c1. The summed E-state index contributed by atoms with van der Waals surface area (Å²) in [6.07, 6.45) is 0.539. The maximum absolute atomic E-state index is 11.4. The quantitative estimate of drug-likeness (QED) is 0.908. The topological polar surface area (TPSA) is 68.0 Å². The molecule has 1 heterocycles. The summed E-state index contributed by atoms with van der Waals surface area (Å²) in [7, 11) is 0. The van der Waals surface area contributed by atoms with E-state index < -0.39 is 0 Å². The van der Waals surface area contributed by atoms with Crippen LogP contribution in [-0.4, -0.2) is 22.6 Å². The molecule has 0 radical (unpaired) electrons. The molecule has 0 atom stereocenters. The van der Waals surface area contributed by atoms with E-state index in [0.717, 1.165) is 11.1 Å². The Bertz CT molecular complexity index is 590. The van der Waals surface area contributed by atoms with Crippen molar-refractivity contribution in [2.45, 2.75) is 27.2 Å². The Labute approximate surface area is 118 Å². The predicted molar refractivity (Wildman–Crippen MR) is 76.0 cm³/mol. The lowest BCUT2D eigenvalue weighted by molar-refractivity contribution is -0.123. The first-order valence-corrected chi connectivity index (χ1v) is 6.73. The van der Waals surface area contributed by atoms with E-state index in [2.05, 4.69) is 15.5 Å². The van der Waals surface area contributed by atoms with Crippen molar-refractivity contribution in [1.82, 2.24) is 15.5 Å². The first kappa shape index (κ1) is 14.2. The fraction of sp³-hybridized carbons (Fsp3) is 0.400. The highest BCUT2D eigenvalue weighted by atomic mass is 16.4. The molecular weight excluding hydrogens is 254 g/mol. The molecule has 0 saturated carbocycles. The van der Waals surface area contributed by atoms with Crippen LogP contribution in [0.2, 0.25) is 0 Å². The van der Waals surface area contributed by atoms with E-state index in [0.29, 0.717) is 24.7 Å². The third-order valence-electron chi connectivity index (χ3n) is 2.89. The van der Waals surface area contributed by atoms with Crippen molar-refractivity contribution in [3.05, 3.63) is 35.7 Å². The van der Waals surface area contributed by atoms with Crippen LogP contribution in [0.1, 0.15) is 25.3 Å². The van der Waals surface area contributed by atoms with Gasteiger partial charge in [-0.1, -0.05) is 31.5 Å². The Kier molecular flexibility index (Phi) is 4.50. The van der Waals surface area contributed by atoms with Crippen LogP contribution in [0.4, 0.5) is 0 Å². The number of aromatic nitrogens is 2. The molecule has 0 unspecified atom stereocenters. The Hall–Kier alpha value is -2.17. The number of benzene rings is 1. The van der Waals surface area contributed by atoms with Gasteiger partial charge in [0.2, 0.25) is 17.7 Å². The van der Waals surface area contributed by atoms with Gasteiger partial charge in [-0.25, -0.2) is 0 Å². The second-order valence-corrected chi connectivity index (χ2v) is 5.07. The van der Waals surface area contributed by atoms with Crippen LogP contribution in [0, 0.1) is 12.8 Å². The number of hydrogen-bond acceptors (Lipinski definition) is 4. The number of aryl methyl sites for hydroxylation is 1. The smallest absolute Gasteiger partial charge is 0.247 e. The Balaban J connectivity index is 1.94. The first-order chi connectivity index (χ1) is 9.56. The van der Waals surface area contributed by atoms with E-state index in [1.165, 1.54) is 0 Å². The number of hydrogen-bond donors (Lipinski definition) is 1. The predicted octanol–water partition coefficient (Wildman–Crippen LogP) is 2.36. The molecule has 1 aromatic carbocycles. The summed E-state index contributed by atoms with van der Waals surface area (Å²) in [6, 6.07) is 7.91. The minimum atomic E-state index is -0.0134. The molecule has 2 aromatic rings. The van der Waals surface area contributed by atoms with Gasteiger partial charge in [0.25, 0.3) is 0 Å². The van der Waals surface area contributed by atoms with Crippen LogP contribution >= 0.6 is 0 Å². The Morgan fingerprint density at radius 1 is 1.35 bits per heavy atom. The third-order valence-corrected chi connectivity index (χ3v) is 2.89. The van der Waals surface area contributed by atoms with Gasteiger partial charge in [-0.2, -0.15) is 0 Å². The van der Waals surface area contributed by atoms with Gasteiger partial charge in [-0.3, -0.25) is 4.79 Å². The second-order valence-electron chi connectivity index (χ2n) is 5.07. The van der Waals surface area contributed by atoms with Gasteiger partial charge in [-0.15, -0.1) is 10.2 Å². The normalized spacial score (nSPS) is 10.8. The molecule has 0 aliphatic heterocycles. The van der Waals surface area contributed by atoms with Crippen molar-refractivity contribution in [1.29, 1.82) is 0 Å². The fourth-order valence-corrected chi connectivity index (χ4v) is 1.75. The summed E-state index contributed by atoms with van der Waals surface area (Å²) in [4.78, 5) is 11.4. The minimum absolute atomic E-state index is 0.0134. The van der Waals surface area contributed by atoms with Crippen molar-refractivity contribution in [2.24, 2.45) is 5.92 Å². The van der Waals surface area contributed by atoms with Crippen molar-refractivity contribution >= 4 is 5.91 Å². The van der Waals surface area contributed by atoms with Crippen molar-refractivity contribution in [3.63, 3.8) is 0 Å². The van der Waals surface area contributed by atoms with Gasteiger partial charge >= 0.3 is 0 Å². The minimum Gasteiger partial charge on any atom is -0.421 e. The van der Waals surface area contributed by atoms with Crippen LogP contribution in [0.25, 0.3) is 11.5 Å². The standard InChI is InChI=1S/C15H19N3O2/c1-10(2)14(19)16-8-7-13-17-18-15(20-13)12-6-4-5-11(3)9-12/h4-6,9-10H,7-8H2,1-3H3,(H,16,19). The molecular formula is C15H19N3O2. The molecule has 5 heteroatoms. The van der Waals surface area contributed by atoms with Gasteiger partial charge < -0.3 is 9.73 Å². The van der Waals surface area contributed by atoms with E-state index in [4.69, 9.17) is 4.42 Å². The van der Waals surface area contributed by atoms with E-state index in [9.17, 15) is 4.79 Å². The van der Waals surface area contributed by atoms with Gasteiger partial charge in [0.15, 0.2) is 0 Å². The van der Waals surface area contributed by atoms with Crippen LogP contribution in [0.3, 0.4) is 0 Å². The number of carbonyl (C=O) groups excluding carboxylic acids is 1. The molecule has 2 rings (SSSR count). The van der Waals surface area contributed by atoms with Crippen molar-refractivity contribution in [2.75, 3.05) is 6.54 Å². The van der Waals surface area contributed by atoms with Crippen molar-refractivity contribution in [3.8, 4) is 11.5 Å². The highest BCUT2D eigenvalue weighted by Gasteiger charge is 2.10. The molecule has 106 valence electrons. The van der Waals surface area contributed by atoms with Crippen molar-refractivity contribution < 1.29 is 9.21 Å². The second kappa shape index (κ2) is 6.32. The fourth-order valence-electron chi connectivity index (χ4n) is 1.75. The number of amides is 1. The third kappa shape index (κ3) is 3.66. The molecule has 0 bridgehead atoms. The number of nitrogens with zero attached hydrogens (tertiary/aromatic N) is 2. The average Bonchev–Trinajstić information content (AvgIpc) is 2.87. The highest BCUT2D eigenvalue weighted by Crippen LogP contribution is 2.18. The zero-order chi connectivity index (χ0) is 14.5. The number of nitrogens with one attached hydrogen (secondary N) is 1. The molecule has 0 fully saturated rings. The molecule has 0 saturated heterocycles. The van der Waals surface area contributed by atoms with Crippen LogP contribution in [-0.2, 0) is 11.2 Å². The van der Waals surface area contributed by atoms with Gasteiger partial charge in [0, 0.05) is 24.4 Å². The van der Waals surface area contributed by atoms with Crippen LogP contribution in [0.5, 0.6) is 0 Å². The van der Waals surface area contributed by atoms with E-state index in [1.807, 2.05) is 45.0 Å². The summed E-state index contributed by atoms with van der Waals surface area (Å²) < 4.78 is 5.59. The molecule has 5 nitrogen and oxygen atoms in total. The summed E-state index contributed by atoms with van der Waals surface area (Å²) in [6.45, 7) is 6.24. The molecule has 1 amide bonds. The van der Waals surface area contributed by atoms with Crippen LogP contribution < -0.4 is 5.32 Å². The monoisotopic (exact) mass is 273 g/mol. The molecule has 1 N–H and O–H groups in total. The maximum atomic E-state index is 11.4. The summed E-state index contributed by atoms with van der Waals surface area (Å²) in [5.74, 6) is 1.06. The van der Waals surface area contributed by atoms with Gasteiger partial charge in [-0.05, 0) is 19.1 Å². The lowest BCUT2D eigenvalue weighted by Crippen LogP contribution is -2.29. The van der Waals surface area contributed by atoms with E-state index in [1.54, 1.807) is 0 Å². The molecule has 0 aliphatic rings. The zero-order valence-corrected chi connectivity index (χ0v) is 12.0. The summed E-state index contributed by atoms with van der Waals surface area (Å²) in [5, 5.41) is 10.8. The van der Waals surface area contributed by atoms with Crippen LogP contribution in [0.15, 0.2) is 28.7 Å². The lowest BCUT2D eigenvalue weighted by atomic mass is 10.1. The molecule has 1 aromatic heterocycles. The Morgan fingerprint density at radius 2 is 2.15 bits per heavy atom. The highest BCUT2D eigenvalue weighted by molar-refractivity contribution is 5.77. The van der Waals surface area contributed by atoms with Gasteiger partial charge in [0.1, 0.15) is 0 Å². The lowest BCUT2D eigenvalue weighted by Gasteiger charge is -2.05. The average molecular weight is 273 g/mol. The molecule has 0 aliphatic carbocycles. The summed E-state index contributed by atoms with van der Waals surface area (Å²) in [5.41, 5.74) is 2.06. The largest absolute Gasteiger partial charge is 0.421 e. The van der Waals surface area contributed by atoms with Gasteiger partial charge in [0.05, 0.1) is 0 Å². The Morgan fingerprint density at radius 3 is 2.85 bits per heavy atom. The first-order valence-electron chi connectivity index (χ1n) is 6.73. The maximum Gasteiger partial charge on any atom is 0.247 e. The summed E-state index contributed by atoms with van der Waals surface area (Å²) >= 11 is 0.